The van der Waals surface area contributed by atoms with Gasteiger partial charge in [0.1, 0.15) is 5.75 Å². The van der Waals surface area contributed by atoms with E-state index < -0.39 is 0 Å². The zero-order chi connectivity index (χ0) is 15.1. The van der Waals surface area contributed by atoms with Gasteiger partial charge in [-0.05, 0) is 36.8 Å². The Bertz CT molecular complexity index is 644. The zero-order valence-electron chi connectivity index (χ0n) is 12.2. The highest BCUT2D eigenvalue weighted by molar-refractivity contribution is 6.06. The van der Waals surface area contributed by atoms with Crippen molar-refractivity contribution in [1.82, 2.24) is 0 Å². The molecule has 3 nitrogen and oxygen atoms in total. The summed E-state index contributed by atoms with van der Waals surface area (Å²) in [6.07, 6.45) is 3.36. The van der Waals surface area contributed by atoms with Crippen LogP contribution in [0.4, 0.5) is 0 Å². The van der Waals surface area contributed by atoms with Crippen LogP contribution in [0.5, 0.6) is 5.75 Å². The summed E-state index contributed by atoms with van der Waals surface area (Å²) in [4.78, 5) is 12.1. The van der Waals surface area contributed by atoms with Crippen molar-refractivity contribution in [3.63, 3.8) is 0 Å². The average Bonchev–Trinajstić information content (AvgIpc) is 2.51. The number of aryl methyl sites for hydroxylation is 1. The predicted octanol–water partition coefficient (Wildman–Crippen LogP) is 3.87. The van der Waals surface area contributed by atoms with Crippen molar-refractivity contribution in [1.29, 1.82) is 0 Å². The third kappa shape index (κ3) is 4.58. The Morgan fingerprint density at radius 3 is 2.71 bits per heavy atom. The predicted molar refractivity (Wildman–Crippen MR) is 83.5 cm³/mol. The average molecular weight is 282 g/mol. The summed E-state index contributed by atoms with van der Waals surface area (Å²) in [6, 6.07) is 15.1. The quantitative estimate of drug-likeness (QED) is 0.458. The third-order valence-electron chi connectivity index (χ3n) is 2.93. The minimum absolute atomic E-state index is 0.0121. The van der Waals surface area contributed by atoms with Gasteiger partial charge in [-0.15, -0.1) is 0 Å². The smallest absolute Gasteiger partial charge is 0.188 e. The third-order valence-corrected chi connectivity index (χ3v) is 2.93. The first-order chi connectivity index (χ1) is 10.2. The number of hydrogen-bond donors (Lipinski definition) is 0. The molecule has 2 rings (SSSR count). The normalized spacial score (nSPS) is 10.8. The molecule has 2 aromatic rings. The van der Waals surface area contributed by atoms with E-state index in [0.29, 0.717) is 11.3 Å². The van der Waals surface area contributed by atoms with Crippen molar-refractivity contribution in [2.45, 2.75) is 6.92 Å². The second kappa shape index (κ2) is 7.41. The van der Waals surface area contributed by atoms with Crippen LogP contribution in [-0.2, 0) is 4.74 Å². The molecule has 0 aromatic heterocycles. The number of carbonyl (C=O) groups excluding carboxylic acids is 1. The van der Waals surface area contributed by atoms with Crippen LogP contribution in [0.15, 0.2) is 54.6 Å². The summed E-state index contributed by atoms with van der Waals surface area (Å²) < 4.78 is 10.2. The first-order valence-corrected chi connectivity index (χ1v) is 6.70. The fourth-order valence-electron chi connectivity index (χ4n) is 1.90. The molecule has 0 saturated carbocycles. The van der Waals surface area contributed by atoms with Gasteiger partial charge in [0.2, 0.25) is 0 Å². The molecule has 0 bridgehead atoms. The Morgan fingerprint density at radius 2 is 1.95 bits per heavy atom. The van der Waals surface area contributed by atoms with Gasteiger partial charge in [-0.2, -0.15) is 0 Å². The standard InChI is InChI=1S/C18H18O3/c1-14-5-3-7-16(11-14)18(19)10-9-15-6-4-8-17(12-15)21-13-20-2/h3-12H,13H2,1-2H3. The number of hydrogen-bond acceptors (Lipinski definition) is 3. The number of carbonyl (C=O) groups is 1. The van der Waals surface area contributed by atoms with Gasteiger partial charge in [-0.1, -0.05) is 42.0 Å². The number of benzene rings is 2. The minimum atomic E-state index is -0.0121. The van der Waals surface area contributed by atoms with Crippen molar-refractivity contribution >= 4 is 11.9 Å². The molecule has 0 radical (unpaired) electrons. The summed E-state index contributed by atoms with van der Waals surface area (Å²) in [5.74, 6) is 0.698. The van der Waals surface area contributed by atoms with Gasteiger partial charge in [0.05, 0.1) is 0 Å². The number of methoxy groups -OCH3 is 1. The maximum atomic E-state index is 12.1. The molecule has 108 valence electrons. The molecule has 0 spiro atoms. The van der Waals surface area contributed by atoms with E-state index >= 15 is 0 Å². The first-order valence-electron chi connectivity index (χ1n) is 6.70. The molecule has 0 aliphatic rings. The van der Waals surface area contributed by atoms with Crippen molar-refractivity contribution in [3.05, 3.63) is 71.3 Å². The van der Waals surface area contributed by atoms with E-state index in [4.69, 9.17) is 9.47 Å². The molecule has 0 amide bonds. The largest absolute Gasteiger partial charge is 0.468 e. The Labute approximate surface area is 124 Å². The first kappa shape index (κ1) is 15.0. The monoisotopic (exact) mass is 282 g/mol. The van der Waals surface area contributed by atoms with Crippen LogP contribution in [0.2, 0.25) is 0 Å². The second-order valence-electron chi connectivity index (χ2n) is 4.69. The Balaban J connectivity index is 2.08. The maximum absolute atomic E-state index is 12.1. The molecular formula is C18H18O3. The van der Waals surface area contributed by atoms with Crippen LogP contribution >= 0.6 is 0 Å². The van der Waals surface area contributed by atoms with E-state index in [0.717, 1.165) is 11.1 Å². The van der Waals surface area contributed by atoms with E-state index in [-0.39, 0.29) is 12.6 Å². The van der Waals surface area contributed by atoms with E-state index in [1.165, 1.54) is 0 Å². The fourth-order valence-corrected chi connectivity index (χ4v) is 1.90. The molecule has 0 N–H and O–H groups in total. The van der Waals surface area contributed by atoms with Gasteiger partial charge in [-0.3, -0.25) is 4.79 Å². The van der Waals surface area contributed by atoms with Gasteiger partial charge in [0.25, 0.3) is 0 Å². The molecule has 0 saturated heterocycles. The van der Waals surface area contributed by atoms with Crippen molar-refractivity contribution in [2.75, 3.05) is 13.9 Å². The maximum Gasteiger partial charge on any atom is 0.188 e. The van der Waals surface area contributed by atoms with Gasteiger partial charge in [0, 0.05) is 12.7 Å². The molecule has 21 heavy (non-hydrogen) atoms. The number of allylic oxidation sites excluding steroid dienone is 1. The lowest BCUT2D eigenvalue weighted by Gasteiger charge is -2.04. The lowest BCUT2D eigenvalue weighted by atomic mass is 10.1. The molecule has 3 heteroatoms. The highest BCUT2D eigenvalue weighted by Crippen LogP contribution is 2.15. The van der Waals surface area contributed by atoms with Gasteiger partial charge < -0.3 is 9.47 Å². The Hall–Kier alpha value is -2.39. The van der Waals surface area contributed by atoms with Crippen LogP contribution < -0.4 is 4.74 Å². The van der Waals surface area contributed by atoms with E-state index in [1.54, 1.807) is 19.3 Å². The van der Waals surface area contributed by atoms with Crippen LogP contribution in [0, 0.1) is 6.92 Å². The molecule has 2 aromatic carbocycles. The Morgan fingerprint density at radius 1 is 1.14 bits per heavy atom. The minimum Gasteiger partial charge on any atom is -0.468 e. The number of ketones is 1. The van der Waals surface area contributed by atoms with E-state index in [9.17, 15) is 4.79 Å². The summed E-state index contributed by atoms with van der Waals surface area (Å²) in [7, 11) is 1.57. The Kier molecular flexibility index (Phi) is 5.29. The van der Waals surface area contributed by atoms with E-state index in [2.05, 4.69) is 0 Å². The van der Waals surface area contributed by atoms with Gasteiger partial charge in [0.15, 0.2) is 12.6 Å². The highest BCUT2D eigenvalue weighted by atomic mass is 16.7. The molecule has 0 aliphatic carbocycles. The fraction of sp³-hybridized carbons (Fsp3) is 0.167. The summed E-state index contributed by atoms with van der Waals surface area (Å²) in [5.41, 5.74) is 2.67. The van der Waals surface area contributed by atoms with Crippen LogP contribution in [0.3, 0.4) is 0 Å². The molecule has 0 atom stereocenters. The molecular weight excluding hydrogens is 264 g/mol. The topological polar surface area (TPSA) is 35.5 Å². The van der Waals surface area contributed by atoms with Crippen molar-refractivity contribution in [3.8, 4) is 5.75 Å². The van der Waals surface area contributed by atoms with Crippen LogP contribution in [-0.4, -0.2) is 19.7 Å². The lowest BCUT2D eigenvalue weighted by molar-refractivity contribution is 0.0511. The molecule has 0 unspecified atom stereocenters. The number of ether oxygens (including phenoxy) is 2. The second-order valence-corrected chi connectivity index (χ2v) is 4.69. The summed E-state index contributed by atoms with van der Waals surface area (Å²) in [6.45, 7) is 2.17. The SMILES string of the molecule is COCOc1cccc(C=CC(=O)c2cccc(C)c2)c1. The molecule has 0 fully saturated rings. The van der Waals surface area contributed by atoms with Gasteiger partial charge >= 0.3 is 0 Å². The summed E-state index contributed by atoms with van der Waals surface area (Å²) in [5, 5.41) is 0. The van der Waals surface area contributed by atoms with Crippen LogP contribution in [0.1, 0.15) is 21.5 Å². The van der Waals surface area contributed by atoms with E-state index in [1.807, 2.05) is 55.5 Å². The van der Waals surface area contributed by atoms with Crippen LogP contribution in [0.25, 0.3) is 6.08 Å². The van der Waals surface area contributed by atoms with Crippen molar-refractivity contribution < 1.29 is 14.3 Å². The van der Waals surface area contributed by atoms with Crippen molar-refractivity contribution in [2.24, 2.45) is 0 Å². The molecule has 0 heterocycles. The molecule has 0 aliphatic heterocycles. The lowest BCUT2D eigenvalue weighted by Crippen LogP contribution is -1.98. The number of rotatable bonds is 6. The zero-order valence-corrected chi connectivity index (χ0v) is 12.2. The van der Waals surface area contributed by atoms with Gasteiger partial charge in [-0.25, -0.2) is 0 Å². The summed E-state index contributed by atoms with van der Waals surface area (Å²) >= 11 is 0. The highest BCUT2D eigenvalue weighted by Gasteiger charge is 2.01.